The molecule has 0 bridgehead atoms. The largest absolute Gasteiger partial charge is 0.371 e. The van der Waals surface area contributed by atoms with Gasteiger partial charge in [0.05, 0.1) is 24.3 Å². The molecule has 3 fully saturated rings. The minimum absolute atomic E-state index is 0.0263. The lowest BCUT2D eigenvalue weighted by atomic mass is 10.0. The van der Waals surface area contributed by atoms with Gasteiger partial charge >= 0.3 is 0 Å². The number of halogens is 1. The zero-order chi connectivity index (χ0) is 41.5. The van der Waals surface area contributed by atoms with Crippen LogP contribution in [0.1, 0.15) is 80.5 Å². The number of nitrogens with one attached hydrogen (secondary N) is 3. The van der Waals surface area contributed by atoms with Crippen molar-refractivity contribution in [3.63, 3.8) is 0 Å². The van der Waals surface area contributed by atoms with Gasteiger partial charge in [-0.05, 0) is 66.3 Å². The van der Waals surface area contributed by atoms with Crippen LogP contribution < -0.4 is 15.5 Å². The number of anilines is 2. The van der Waals surface area contributed by atoms with E-state index in [-0.39, 0.29) is 42.7 Å². The minimum atomic E-state index is -0.773. The zero-order valence-electron chi connectivity index (χ0n) is 33.5. The lowest BCUT2D eigenvalue weighted by molar-refractivity contribution is -0.143. The molecule has 5 aliphatic heterocycles. The van der Waals surface area contributed by atoms with Gasteiger partial charge in [0.1, 0.15) is 11.9 Å². The third kappa shape index (κ3) is 7.77. The van der Waals surface area contributed by atoms with Gasteiger partial charge in [-0.1, -0.05) is 36.4 Å². The Labute approximate surface area is 346 Å². The lowest BCUT2D eigenvalue weighted by Gasteiger charge is -2.43. The van der Waals surface area contributed by atoms with Crippen molar-refractivity contribution in [3.05, 3.63) is 112 Å². The number of piperazine rings is 1. The van der Waals surface area contributed by atoms with Crippen LogP contribution in [0.5, 0.6) is 0 Å². The normalized spacial score (nSPS) is 20.6. The number of nitrogens with zero attached hydrogens (tertiary/aromatic N) is 6. The van der Waals surface area contributed by atoms with Crippen molar-refractivity contribution in [1.82, 2.24) is 35.1 Å². The van der Waals surface area contributed by atoms with Crippen LogP contribution in [0.2, 0.25) is 0 Å². The molecule has 9 rings (SSSR count). The maximum Gasteiger partial charge on any atom is 0.258 e. The van der Waals surface area contributed by atoms with E-state index in [2.05, 4.69) is 35.5 Å². The van der Waals surface area contributed by atoms with E-state index < -0.39 is 29.8 Å². The molecule has 5 amide bonds. The van der Waals surface area contributed by atoms with E-state index in [4.69, 9.17) is 4.74 Å². The number of imide groups is 1. The number of fused-ring (bicyclic) bond motifs is 2. The summed E-state index contributed by atoms with van der Waals surface area (Å²) in [6.07, 6.45) is 1.72. The summed E-state index contributed by atoms with van der Waals surface area (Å²) < 4.78 is 20.9. The van der Waals surface area contributed by atoms with Crippen molar-refractivity contribution in [3.8, 4) is 0 Å². The predicted octanol–water partition coefficient (Wildman–Crippen LogP) is 3.58. The van der Waals surface area contributed by atoms with E-state index in [0.29, 0.717) is 42.6 Å². The summed E-state index contributed by atoms with van der Waals surface area (Å²) in [7, 11) is 1.52. The molecule has 3 N–H and O–H groups in total. The zero-order valence-corrected chi connectivity index (χ0v) is 33.5. The highest BCUT2D eigenvalue weighted by molar-refractivity contribution is 6.06. The summed E-state index contributed by atoms with van der Waals surface area (Å²) in [5, 5.41) is 12.5. The number of hydrogen-bond donors (Lipinski definition) is 3. The number of methoxy groups -OCH3 is 1. The summed E-state index contributed by atoms with van der Waals surface area (Å²) in [5.41, 5.74) is 5.36. The second kappa shape index (κ2) is 16.6. The predicted molar refractivity (Wildman–Crippen MR) is 218 cm³/mol. The number of amides is 5. The number of carbonyl (C=O) groups is 5. The fraction of sp³-hybridized carbons (Fsp3) is 0.409. The SMILES string of the molecule is CO[C@@H](C(=O)N1Cc2[nH]nc(NC(=O)c3ccc(N4CCC(N5CCN(Cc6cc(F)c7c(c6)CN(C6CCC(=O)NC6=O)C7=O)CC5)CC4)cc3)c2C1)c1ccccc1. The van der Waals surface area contributed by atoms with Gasteiger partial charge in [0.2, 0.25) is 11.8 Å². The van der Waals surface area contributed by atoms with Gasteiger partial charge in [-0.3, -0.25) is 44.2 Å². The van der Waals surface area contributed by atoms with Crippen molar-refractivity contribution in [1.29, 1.82) is 0 Å². The average molecular weight is 818 g/mol. The topological polar surface area (TPSA) is 164 Å². The number of carbonyl (C=O) groups excluding carboxylic acids is 5. The second-order valence-electron chi connectivity index (χ2n) is 16.3. The molecule has 15 nitrogen and oxygen atoms in total. The second-order valence-corrected chi connectivity index (χ2v) is 16.3. The van der Waals surface area contributed by atoms with Crippen LogP contribution in [0.3, 0.4) is 0 Å². The number of hydrogen-bond acceptors (Lipinski definition) is 10. The molecule has 0 spiro atoms. The van der Waals surface area contributed by atoms with Crippen molar-refractivity contribution in [2.24, 2.45) is 0 Å². The number of piperidine rings is 2. The third-order valence-electron chi connectivity index (χ3n) is 12.7. The molecule has 60 heavy (non-hydrogen) atoms. The molecule has 3 aromatic carbocycles. The Bertz CT molecular complexity index is 2300. The van der Waals surface area contributed by atoms with Crippen LogP contribution in [0, 0.1) is 5.82 Å². The number of aromatic nitrogens is 2. The Morgan fingerprint density at radius 2 is 1.67 bits per heavy atom. The van der Waals surface area contributed by atoms with Crippen molar-refractivity contribution >= 4 is 41.0 Å². The molecule has 6 heterocycles. The van der Waals surface area contributed by atoms with E-state index in [1.165, 1.54) is 18.1 Å². The quantitative estimate of drug-likeness (QED) is 0.202. The summed E-state index contributed by atoms with van der Waals surface area (Å²) in [4.78, 5) is 74.1. The summed E-state index contributed by atoms with van der Waals surface area (Å²) in [5.74, 6) is -1.93. The molecule has 5 aliphatic rings. The van der Waals surface area contributed by atoms with Crippen LogP contribution in [0.15, 0.2) is 66.7 Å². The first-order chi connectivity index (χ1) is 29.1. The van der Waals surface area contributed by atoms with Gasteiger partial charge in [-0.25, -0.2) is 4.39 Å². The Balaban J connectivity index is 0.729. The Kier molecular flexibility index (Phi) is 10.9. The molecule has 3 saturated heterocycles. The van der Waals surface area contributed by atoms with Gasteiger partial charge in [0.25, 0.3) is 17.7 Å². The molecule has 16 heteroatoms. The smallest absolute Gasteiger partial charge is 0.258 e. The molecule has 4 aromatic rings. The highest BCUT2D eigenvalue weighted by Gasteiger charge is 2.41. The molecule has 312 valence electrons. The van der Waals surface area contributed by atoms with E-state index >= 15 is 4.39 Å². The summed E-state index contributed by atoms with van der Waals surface area (Å²) in [6, 6.07) is 20.0. The number of aromatic amines is 1. The number of rotatable bonds is 10. The first-order valence-electron chi connectivity index (χ1n) is 20.6. The standard InChI is InChI=1S/C44H48FN9O6/c1-60-39(28-5-3-2-4-6-28)44(59)53-25-33-35(26-53)48-49-40(33)47-41(56)29-7-9-31(10-8-29)51-15-13-32(14-16-51)52-19-17-50(18-20-52)23-27-21-30-24-54(43(58)38(30)34(45)22-27)36-11-12-37(55)46-42(36)57/h2-10,21-22,32,36,39H,11-20,23-26H2,1H3,(H,46,55,57)(H2,47,48,49,56)/t36?,39-/m1/s1. The Morgan fingerprint density at radius 3 is 2.38 bits per heavy atom. The molecular weight excluding hydrogens is 770 g/mol. The fourth-order valence-corrected chi connectivity index (χ4v) is 9.42. The minimum Gasteiger partial charge on any atom is -0.371 e. The number of benzene rings is 3. The summed E-state index contributed by atoms with van der Waals surface area (Å²) in [6.45, 7) is 6.74. The average Bonchev–Trinajstić information content (AvgIpc) is 3.95. The Morgan fingerprint density at radius 1 is 0.917 bits per heavy atom. The molecule has 0 saturated carbocycles. The van der Waals surface area contributed by atoms with Crippen LogP contribution in [0.4, 0.5) is 15.9 Å². The van der Waals surface area contributed by atoms with Crippen LogP contribution in [0.25, 0.3) is 0 Å². The highest BCUT2D eigenvalue weighted by Crippen LogP contribution is 2.33. The van der Waals surface area contributed by atoms with Crippen molar-refractivity contribution in [2.75, 3.05) is 56.6 Å². The maximum absolute atomic E-state index is 15.3. The van der Waals surface area contributed by atoms with Gasteiger partial charge < -0.3 is 24.8 Å². The molecule has 0 aliphatic carbocycles. The van der Waals surface area contributed by atoms with Gasteiger partial charge in [-0.2, -0.15) is 5.10 Å². The van der Waals surface area contributed by atoms with Crippen molar-refractivity contribution < 1.29 is 33.1 Å². The number of H-pyrrole nitrogens is 1. The molecule has 1 unspecified atom stereocenters. The number of ether oxygens (including phenoxy) is 1. The summed E-state index contributed by atoms with van der Waals surface area (Å²) >= 11 is 0. The molecule has 1 aromatic heterocycles. The van der Waals surface area contributed by atoms with Gasteiger partial charge in [0.15, 0.2) is 11.9 Å². The van der Waals surface area contributed by atoms with Crippen LogP contribution in [-0.4, -0.2) is 118 Å². The van der Waals surface area contributed by atoms with E-state index in [9.17, 15) is 24.0 Å². The fourth-order valence-electron chi connectivity index (χ4n) is 9.42. The lowest BCUT2D eigenvalue weighted by Crippen LogP contribution is -2.53. The first kappa shape index (κ1) is 39.5. The maximum atomic E-state index is 15.3. The molecule has 2 atom stereocenters. The monoisotopic (exact) mass is 817 g/mol. The van der Waals surface area contributed by atoms with Crippen LogP contribution in [-0.2, 0) is 45.3 Å². The Hall–Kier alpha value is -5.97. The van der Waals surface area contributed by atoms with Crippen LogP contribution >= 0.6 is 0 Å². The van der Waals surface area contributed by atoms with Gasteiger partial charge in [0, 0.05) is 88.7 Å². The molecular formula is C44H48FN9O6. The van der Waals surface area contributed by atoms with Gasteiger partial charge in [-0.15, -0.1) is 0 Å². The van der Waals surface area contributed by atoms with E-state index in [0.717, 1.165) is 80.2 Å². The third-order valence-corrected chi connectivity index (χ3v) is 12.7. The highest BCUT2D eigenvalue weighted by atomic mass is 19.1. The first-order valence-corrected chi connectivity index (χ1v) is 20.6. The van der Waals surface area contributed by atoms with E-state index in [1.54, 1.807) is 4.90 Å². The van der Waals surface area contributed by atoms with Crippen molar-refractivity contribution in [2.45, 2.75) is 70.0 Å². The molecule has 0 radical (unpaired) electrons. The van der Waals surface area contributed by atoms with E-state index in [1.807, 2.05) is 60.7 Å².